The Labute approximate surface area is 144 Å². The van der Waals surface area contributed by atoms with Gasteiger partial charge in [0.2, 0.25) is 5.91 Å². The zero-order valence-electron chi connectivity index (χ0n) is 15.0. The van der Waals surface area contributed by atoms with Crippen molar-refractivity contribution in [1.29, 1.82) is 0 Å². The van der Waals surface area contributed by atoms with E-state index >= 15 is 0 Å². The van der Waals surface area contributed by atoms with E-state index in [0.717, 1.165) is 37.9 Å². The van der Waals surface area contributed by atoms with E-state index in [1.165, 1.54) is 6.07 Å². The van der Waals surface area contributed by atoms with E-state index in [2.05, 4.69) is 19.0 Å². The first-order valence-electron chi connectivity index (χ1n) is 8.72. The van der Waals surface area contributed by atoms with Crippen LogP contribution in [0.25, 0.3) is 0 Å². The number of halogens is 1. The molecule has 1 aromatic carbocycles. The summed E-state index contributed by atoms with van der Waals surface area (Å²) in [4.78, 5) is 16.7. The molecule has 1 aliphatic heterocycles. The molecule has 2 rings (SSSR count). The average Bonchev–Trinajstić information content (AvgIpc) is 2.55. The summed E-state index contributed by atoms with van der Waals surface area (Å²) in [5.41, 5.74) is 1.33. The highest BCUT2D eigenvalue weighted by Crippen LogP contribution is 2.25. The highest BCUT2D eigenvalue weighted by molar-refractivity contribution is 5.79. The van der Waals surface area contributed by atoms with E-state index in [1.807, 2.05) is 11.0 Å². The van der Waals surface area contributed by atoms with E-state index in [4.69, 9.17) is 5.11 Å². The second-order valence-corrected chi connectivity index (χ2v) is 7.05. The van der Waals surface area contributed by atoms with E-state index in [0.29, 0.717) is 17.5 Å². The summed E-state index contributed by atoms with van der Waals surface area (Å²) in [6, 6.07) is 5.45. The molecule has 0 spiro atoms. The maximum atomic E-state index is 13.7. The van der Waals surface area contributed by atoms with Gasteiger partial charge in [-0.1, -0.05) is 12.1 Å². The van der Waals surface area contributed by atoms with Crippen LogP contribution in [0.3, 0.4) is 0 Å². The fraction of sp³-hybridized carbons (Fsp3) is 0.632. The molecule has 0 unspecified atom stereocenters. The first kappa shape index (κ1) is 18.9. The molecule has 1 amide bonds. The summed E-state index contributed by atoms with van der Waals surface area (Å²) in [7, 11) is 4.15. The van der Waals surface area contributed by atoms with E-state index < -0.39 is 0 Å². The molecule has 24 heavy (non-hydrogen) atoms. The lowest BCUT2D eigenvalue weighted by molar-refractivity contribution is -0.133. The number of benzene rings is 1. The molecule has 0 radical (unpaired) electrons. The van der Waals surface area contributed by atoms with Crippen LogP contribution < -0.4 is 0 Å². The molecule has 4 nitrogen and oxygen atoms in total. The molecule has 1 fully saturated rings. The average molecular weight is 336 g/mol. The van der Waals surface area contributed by atoms with Gasteiger partial charge in [0.25, 0.3) is 0 Å². The normalized spacial score (nSPS) is 21.3. The van der Waals surface area contributed by atoms with Crippen molar-refractivity contribution in [2.24, 2.45) is 5.92 Å². The largest absolute Gasteiger partial charge is 0.396 e. The van der Waals surface area contributed by atoms with Gasteiger partial charge in [0.15, 0.2) is 0 Å². The van der Waals surface area contributed by atoms with Gasteiger partial charge >= 0.3 is 0 Å². The predicted molar refractivity (Wildman–Crippen MR) is 93.3 cm³/mol. The Morgan fingerprint density at radius 3 is 2.79 bits per heavy atom. The highest BCUT2D eigenvalue weighted by Gasteiger charge is 2.32. The number of carbonyl (C=O) groups is 1. The SMILES string of the molecule is Cc1ccc(CC(=O)N2CC[C@H](N(C)C)[C@H](CCCO)C2)cc1F. The standard InChI is InChI=1S/C19H29FN2O2/c1-14-6-7-15(11-17(14)20)12-19(24)22-9-8-18(21(2)3)16(13-22)5-4-10-23/h6-7,11,16,18,23H,4-5,8-10,12-13H2,1-3H3/t16-,18+/m1/s1. The summed E-state index contributed by atoms with van der Waals surface area (Å²) >= 11 is 0. The molecule has 1 aromatic rings. The van der Waals surface area contributed by atoms with E-state index in [-0.39, 0.29) is 24.8 Å². The van der Waals surface area contributed by atoms with Crippen molar-refractivity contribution in [3.63, 3.8) is 0 Å². The number of aryl methyl sites for hydroxylation is 1. The van der Waals surface area contributed by atoms with Crippen LogP contribution >= 0.6 is 0 Å². The molecule has 0 saturated carbocycles. The van der Waals surface area contributed by atoms with Crippen molar-refractivity contribution in [2.45, 2.75) is 38.6 Å². The Kier molecular flexibility index (Phi) is 6.75. The topological polar surface area (TPSA) is 43.8 Å². The van der Waals surface area contributed by atoms with Crippen LogP contribution in [0.1, 0.15) is 30.4 Å². The van der Waals surface area contributed by atoms with Crippen LogP contribution in [0, 0.1) is 18.7 Å². The zero-order valence-corrected chi connectivity index (χ0v) is 15.0. The van der Waals surface area contributed by atoms with Crippen molar-refractivity contribution >= 4 is 5.91 Å². The minimum absolute atomic E-state index is 0.0597. The first-order valence-corrected chi connectivity index (χ1v) is 8.72. The number of aliphatic hydroxyl groups is 1. The Balaban J connectivity index is 2.00. The smallest absolute Gasteiger partial charge is 0.227 e. The number of likely N-dealkylation sites (tertiary alicyclic amines) is 1. The third-order valence-electron chi connectivity index (χ3n) is 5.03. The molecular weight excluding hydrogens is 307 g/mol. The first-order chi connectivity index (χ1) is 11.4. The molecule has 0 aromatic heterocycles. The van der Waals surface area contributed by atoms with E-state index in [1.54, 1.807) is 13.0 Å². The third kappa shape index (κ3) is 4.77. The van der Waals surface area contributed by atoms with Crippen LogP contribution in [0.5, 0.6) is 0 Å². The molecule has 1 heterocycles. The Morgan fingerprint density at radius 2 is 2.17 bits per heavy atom. The van der Waals surface area contributed by atoms with Crippen LogP contribution in [0.15, 0.2) is 18.2 Å². The lowest BCUT2D eigenvalue weighted by atomic mass is 9.87. The van der Waals surface area contributed by atoms with Crippen molar-refractivity contribution in [3.05, 3.63) is 35.1 Å². The Morgan fingerprint density at radius 1 is 1.42 bits per heavy atom. The van der Waals surface area contributed by atoms with Crippen molar-refractivity contribution in [2.75, 3.05) is 33.8 Å². The fourth-order valence-corrected chi connectivity index (χ4v) is 3.60. The predicted octanol–water partition coefficient (Wildman–Crippen LogP) is 2.23. The van der Waals surface area contributed by atoms with Crippen LogP contribution in [-0.4, -0.2) is 60.6 Å². The van der Waals surface area contributed by atoms with Gasteiger partial charge in [0, 0.05) is 25.7 Å². The number of nitrogens with zero attached hydrogens (tertiary/aromatic N) is 2. The number of hydrogen-bond donors (Lipinski definition) is 1. The van der Waals surface area contributed by atoms with Gasteiger partial charge in [-0.2, -0.15) is 0 Å². The van der Waals surface area contributed by atoms with Crippen molar-refractivity contribution in [1.82, 2.24) is 9.80 Å². The monoisotopic (exact) mass is 336 g/mol. The number of hydrogen-bond acceptors (Lipinski definition) is 3. The van der Waals surface area contributed by atoms with Crippen LogP contribution in [0.2, 0.25) is 0 Å². The lowest BCUT2D eigenvalue weighted by Crippen LogP contribution is -2.51. The van der Waals surface area contributed by atoms with E-state index in [9.17, 15) is 9.18 Å². The molecule has 1 saturated heterocycles. The number of piperidine rings is 1. The molecule has 5 heteroatoms. The number of rotatable bonds is 6. The summed E-state index contributed by atoms with van der Waals surface area (Å²) in [6.45, 7) is 3.37. The summed E-state index contributed by atoms with van der Waals surface area (Å²) in [6.07, 6.45) is 2.87. The second-order valence-electron chi connectivity index (χ2n) is 7.05. The van der Waals surface area contributed by atoms with Crippen molar-refractivity contribution < 1.29 is 14.3 Å². The maximum Gasteiger partial charge on any atom is 0.227 e. The summed E-state index contributed by atoms with van der Waals surface area (Å²) < 4.78 is 13.7. The molecule has 0 aliphatic carbocycles. The second kappa shape index (κ2) is 8.58. The number of amides is 1. The van der Waals surface area contributed by atoms with Gasteiger partial charge in [0.05, 0.1) is 6.42 Å². The van der Waals surface area contributed by atoms with Crippen LogP contribution in [-0.2, 0) is 11.2 Å². The fourth-order valence-electron chi connectivity index (χ4n) is 3.60. The van der Waals surface area contributed by atoms with Gasteiger partial charge in [0.1, 0.15) is 5.82 Å². The molecule has 134 valence electrons. The van der Waals surface area contributed by atoms with Crippen molar-refractivity contribution in [3.8, 4) is 0 Å². The Bertz CT molecular complexity index is 562. The molecule has 0 bridgehead atoms. The minimum Gasteiger partial charge on any atom is -0.396 e. The highest BCUT2D eigenvalue weighted by atomic mass is 19.1. The maximum absolute atomic E-state index is 13.7. The van der Waals surface area contributed by atoms with Gasteiger partial charge in [-0.25, -0.2) is 4.39 Å². The Hall–Kier alpha value is -1.46. The van der Waals surface area contributed by atoms with Gasteiger partial charge in [-0.05, 0) is 63.4 Å². The molecule has 1 aliphatic rings. The zero-order chi connectivity index (χ0) is 17.7. The minimum atomic E-state index is -0.257. The lowest BCUT2D eigenvalue weighted by Gasteiger charge is -2.41. The number of aliphatic hydroxyl groups excluding tert-OH is 1. The third-order valence-corrected chi connectivity index (χ3v) is 5.03. The quantitative estimate of drug-likeness (QED) is 0.866. The summed E-state index contributed by atoms with van der Waals surface area (Å²) in [5.74, 6) is 0.177. The number of carbonyl (C=O) groups excluding carboxylic acids is 1. The molecule has 1 N–H and O–H groups in total. The van der Waals surface area contributed by atoms with Gasteiger partial charge in [-0.15, -0.1) is 0 Å². The van der Waals surface area contributed by atoms with Gasteiger partial charge in [-0.3, -0.25) is 4.79 Å². The summed E-state index contributed by atoms with van der Waals surface area (Å²) in [5, 5.41) is 9.11. The molecular formula is C19H29FN2O2. The van der Waals surface area contributed by atoms with Crippen LogP contribution in [0.4, 0.5) is 4.39 Å². The van der Waals surface area contributed by atoms with Gasteiger partial charge < -0.3 is 14.9 Å². The molecule has 2 atom stereocenters.